The van der Waals surface area contributed by atoms with Gasteiger partial charge in [0.15, 0.2) is 5.78 Å². The highest BCUT2D eigenvalue weighted by atomic mass is 16.5. The molecule has 9 atom stereocenters. The van der Waals surface area contributed by atoms with E-state index in [1.165, 1.54) is 20.8 Å². The topological polar surface area (TPSA) is 96.0 Å². The third kappa shape index (κ3) is 4.39. The van der Waals surface area contributed by atoms with Crippen molar-refractivity contribution in [2.24, 2.45) is 40.4 Å². The van der Waals surface area contributed by atoms with Crippen LogP contribution in [0.1, 0.15) is 86.0 Å². The summed E-state index contributed by atoms with van der Waals surface area (Å²) in [6.45, 7) is 8.75. The summed E-state index contributed by atoms with van der Waals surface area (Å²) in [6.07, 6.45) is 6.93. The van der Waals surface area contributed by atoms with Crippen LogP contribution in [0.25, 0.3) is 0 Å². The van der Waals surface area contributed by atoms with Crippen LogP contribution in [0.4, 0.5) is 0 Å². The summed E-state index contributed by atoms with van der Waals surface area (Å²) in [5.41, 5.74) is -0.0614. The minimum absolute atomic E-state index is 0.0180. The molecule has 0 amide bonds. The van der Waals surface area contributed by atoms with Gasteiger partial charge in [0.05, 0.1) is 0 Å². The first kappa shape index (κ1) is 25.2. The van der Waals surface area contributed by atoms with E-state index < -0.39 is 5.97 Å². The van der Waals surface area contributed by atoms with E-state index in [2.05, 4.69) is 13.8 Å². The number of fused-ring (bicyclic) bond motifs is 5. The van der Waals surface area contributed by atoms with E-state index in [9.17, 15) is 19.2 Å². The molecule has 4 rings (SSSR count). The molecule has 0 aliphatic heterocycles. The Bertz CT molecular complexity index is 852. The Balaban J connectivity index is 1.60. The van der Waals surface area contributed by atoms with Crippen molar-refractivity contribution in [3.8, 4) is 0 Å². The molecule has 0 bridgehead atoms. The molecule has 34 heavy (non-hydrogen) atoms. The predicted octanol–water partition coefficient (Wildman–Crippen LogP) is 4.25. The number of ketones is 1. The van der Waals surface area contributed by atoms with E-state index in [1.807, 2.05) is 0 Å². The van der Waals surface area contributed by atoms with Crippen LogP contribution in [0, 0.1) is 40.4 Å². The standard InChI is InChI=1S/C27H40O7/c1-15(28)32-14-23(31)20-6-7-21-25-22(9-11-27(20,21)5)26(4)10-8-19(33-16(2)29)12-18(26)13-24(25)34-17(3)30/h18-22,24-25H,6-14H2,1-5H3/t18-,19+,20+,21-,22-,24+,25-,26-,27+/m0/s1. The zero-order chi connectivity index (χ0) is 24.8. The second kappa shape index (κ2) is 9.27. The summed E-state index contributed by atoms with van der Waals surface area (Å²) in [5, 5.41) is 0. The molecule has 7 heteroatoms. The quantitative estimate of drug-likeness (QED) is 0.432. The van der Waals surface area contributed by atoms with E-state index in [-0.39, 0.29) is 59.2 Å². The van der Waals surface area contributed by atoms with Gasteiger partial charge in [-0.25, -0.2) is 0 Å². The van der Waals surface area contributed by atoms with Crippen molar-refractivity contribution >= 4 is 23.7 Å². The number of Topliss-reactive ketones (excluding diaryl/α,β-unsaturated/α-hetero) is 1. The van der Waals surface area contributed by atoms with Gasteiger partial charge in [0.2, 0.25) is 0 Å². The number of ether oxygens (including phenoxy) is 3. The fourth-order valence-electron chi connectivity index (χ4n) is 8.64. The van der Waals surface area contributed by atoms with Crippen LogP contribution in [-0.2, 0) is 33.4 Å². The zero-order valence-electron chi connectivity index (χ0n) is 21.3. The molecule has 0 N–H and O–H groups in total. The van der Waals surface area contributed by atoms with Gasteiger partial charge in [-0.05, 0) is 80.0 Å². The second-order valence-corrected chi connectivity index (χ2v) is 11.8. The number of carbonyl (C=O) groups excluding carboxylic acids is 4. The molecule has 4 aliphatic carbocycles. The molecule has 4 aliphatic rings. The Hall–Kier alpha value is -1.92. The summed E-state index contributed by atoms with van der Waals surface area (Å²) in [4.78, 5) is 48.0. The van der Waals surface area contributed by atoms with E-state index in [1.54, 1.807) is 0 Å². The molecule has 0 unspecified atom stereocenters. The Morgan fingerprint density at radius 1 is 0.765 bits per heavy atom. The van der Waals surface area contributed by atoms with Crippen molar-refractivity contribution < 1.29 is 33.4 Å². The van der Waals surface area contributed by atoms with Crippen molar-refractivity contribution in [1.82, 2.24) is 0 Å². The maximum absolute atomic E-state index is 13.0. The molecule has 0 aromatic rings. The summed E-state index contributed by atoms with van der Waals surface area (Å²) in [6, 6.07) is 0. The SMILES string of the molecule is CC(=O)OCC(=O)[C@H]1CC[C@H]2[C@@H]3[C@H](OC(C)=O)C[C@@H]4C[C@H](OC(C)=O)CC[C@]4(C)[C@H]3CC[C@]12C. The van der Waals surface area contributed by atoms with Crippen molar-refractivity contribution in [1.29, 1.82) is 0 Å². The normalized spacial score (nSPS) is 43.0. The third-order valence-corrected chi connectivity index (χ3v) is 10.1. The van der Waals surface area contributed by atoms with Crippen LogP contribution in [0.15, 0.2) is 0 Å². The lowest BCUT2D eigenvalue weighted by Gasteiger charge is -2.62. The van der Waals surface area contributed by atoms with E-state index in [0.29, 0.717) is 17.8 Å². The molecular formula is C27H40O7. The Morgan fingerprint density at radius 3 is 2.06 bits per heavy atom. The molecule has 190 valence electrons. The number of hydrogen-bond acceptors (Lipinski definition) is 7. The van der Waals surface area contributed by atoms with E-state index in [4.69, 9.17) is 14.2 Å². The minimum Gasteiger partial charge on any atom is -0.463 e. The lowest BCUT2D eigenvalue weighted by molar-refractivity contribution is -0.196. The highest BCUT2D eigenvalue weighted by molar-refractivity contribution is 5.85. The van der Waals surface area contributed by atoms with Gasteiger partial charge < -0.3 is 14.2 Å². The summed E-state index contributed by atoms with van der Waals surface area (Å²) in [5.74, 6) is 0.243. The highest BCUT2D eigenvalue weighted by Gasteiger charge is 2.64. The van der Waals surface area contributed by atoms with Crippen molar-refractivity contribution in [3.05, 3.63) is 0 Å². The van der Waals surface area contributed by atoms with Crippen LogP contribution in [-0.4, -0.2) is 42.5 Å². The smallest absolute Gasteiger partial charge is 0.303 e. The lowest BCUT2D eigenvalue weighted by atomic mass is 9.44. The molecule has 0 aromatic carbocycles. The van der Waals surface area contributed by atoms with Crippen molar-refractivity contribution in [2.75, 3.05) is 6.61 Å². The highest BCUT2D eigenvalue weighted by Crippen LogP contribution is 2.68. The van der Waals surface area contributed by atoms with Crippen LogP contribution in [0.5, 0.6) is 0 Å². The fourth-order valence-corrected chi connectivity index (χ4v) is 8.64. The lowest BCUT2D eigenvalue weighted by Crippen LogP contribution is -2.59. The maximum atomic E-state index is 13.0. The third-order valence-electron chi connectivity index (χ3n) is 10.1. The van der Waals surface area contributed by atoms with Crippen LogP contribution < -0.4 is 0 Å². The van der Waals surface area contributed by atoms with Gasteiger partial charge >= 0.3 is 17.9 Å². The molecule has 0 saturated heterocycles. The molecule has 0 aromatic heterocycles. The largest absolute Gasteiger partial charge is 0.463 e. The van der Waals surface area contributed by atoms with Gasteiger partial charge in [-0.2, -0.15) is 0 Å². The summed E-state index contributed by atoms with van der Waals surface area (Å²) < 4.78 is 16.6. The first-order chi connectivity index (χ1) is 16.0. The van der Waals surface area contributed by atoms with Gasteiger partial charge in [-0.15, -0.1) is 0 Å². The van der Waals surface area contributed by atoms with Crippen LogP contribution >= 0.6 is 0 Å². The average Bonchev–Trinajstić information content (AvgIpc) is 3.09. The zero-order valence-corrected chi connectivity index (χ0v) is 21.3. The number of esters is 3. The monoisotopic (exact) mass is 476 g/mol. The number of rotatable bonds is 5. The van der Waals surface area contributed by atoms with Gasteiger partial charge in [-0.1, -0.05) is 13.8 Å². The first-order valence-corrected chi connectivity index (χ1v) is 13.0. The predicted molar refractivity (Wildman–Crippen MR) is 123 cm³/mol. The minimum atomic E-state index is -0.428. The van der Waals surface area contributed by atoms with Crippen molar-refractivity contribution in [2.45, 2.75) is 98.2 Å². The number of hydrogen-bond donors (Lipinski definition) is 0. The molecule has 0 heterocycles. The van der Waals surface area contributed by atoms with Gasteiger partial charge in [0.1, 0.15) is 18.8 Å². The van der Waals surface area contributed by atoms with Gasteiger partial charge in [0, 0.05) is 32.6 Å². The molecule has 0 radical (unpaired) electrons. The summed E-state index contributed by atoms with van der Waals surface area (Å²) in [7, 11) is 0. The van der Waals surface area contributed by atoms with Crippen LogP contribution in [0.2, 0.25) is 0 Å². The van der Waals surface area contributed by atoms with E-state index >= 15 is 0 Å². The molecule has 4 fully saturated rings. The Morgan fingerprint density at radius 2 is 1.41 bits per heavy atom. The molecule has 0 spiro atoms. The van der Waals surface area contributed by atoms with Gasteiger partial charge in [0.25, 0.3) is 0 Å². The van der Waals surface area contributed by atoms with Crippen LogP contribution in [0.3, 0.4) is 0 Å². The van der Waals surface area contributed by atoms with Crippen molar-refractivity contribution in [3.63, 3.8) is 0 Å². The molecule has 7 nitrogen and oxygen atoms in total. The average molecular weight is 477 g/mol. The maximum Gasteiger partial charge on any atom is 0.303 e. The first-order valence-electron chi connectivity index (χ1n) is 13.0. The molecule has 4 saturated carbocycles. The molecular weight excluding hydrogens is 436 g/mol. The van der Waals surface area contributed by atoms with Gasteiger partial charge in [-0.3, -0.25) is 19.2 Å². The summed E-state index contributed by atoms with van der Waals surface area (Å²) >= 11 is 0. The fraction of sp³-hybridized carbons (Fsp3) is 0.852. The second-order valence-electron chi connectivity index (χ2n) is 11.8. The Kier molecular flexibility index (Phi) is 6.87. The Labute approximate surface area is 202 Å². The number of carbonyl (C=O) groups is 4. The van der Waals surface area contributed by atoms with E-state index in [0.717, 1.165) is 51.4 Å².